The highest BCUT2D eigenvalue weighted by atomic mass is 32.1. The second-order valence-corrected chi connectivity index (χ2v) is 8.52. The van der Waals surface area contributed by atoms with Gasteiger partial charge >= 0.3 is 0 Å². The number of nitrogens with one attached hydrogen (secondary N) is 2. The van der Waals surface area contributed by atoms with Gasteiger partial charge in [-0.2, -0.15) is 0 Å². The van der Waals surface area contributed by atoms with E-state index in [1.165, 1.54) is 18.0 Å². The van der Waals surface area contributed by atoms with Crippen molar-refractivity contribution in [3.05, 3.63) is 27.2 Å². The number of nitrogens with zero attached hydrogens (tertiary/aromatic N) is 4. The van der Waals surface area contributed by atoms with Crippen molar-refractivity contribution in [1.82, 2.24) is 20.6 Å². The van der Waals surface area contributed by atoms with Gasteiger partial charge in [0.15, 0.2) is 11.1 Å². The fraction of sp³-hybridized carbons (Fsp3) is 0.611. The molecule has 0 atom stereocenters. The maximum absolute atomic E-state index is 4.76. The zero-order chi connectivity index (χ0) is 18.4. The minimum absolute atomic E-state index is 0.473. The lowest BCUT2D eigenvalue weighted by Crippen LogP contribution is -2.37. The summed E-state index contributed by atoms with van der Waals surface area (Å²) in [5, 5.41) is 13.3. The summed E-state index contributed by atoms with van der Waals surface area (Å²) in [6, 6.07) is 0. The van der Waals surface area contributed by atoms with Crippen molar-refractivity contribution in [1.29, 1.82) is 0 Å². The molecular weight excluding hydrogens is 364 g/mol. The van der Waals surface area contributed by atoms with Gasteiger partial charge in [-0.3, -0.25) is 4.99 Å². The van der Waals surface area contributed by atoms with E-state index in [2.05, 4.69) is 50.1 Å². The van der Waals surface area contributed by atoms with Gasteiger partial charge in [0, 0.05) is 43.9 Å². The standard InChI is InChI=1S/C18H28N6S2/c1-13(2)15-12-25-16(23-15)10-21-17(19-3)20-7-6-14-11-26-18(22-14)24-8-4-5-9-24/h11-13H,4-10H2,1-3H3,(H2,19,20,21). The van der Waals surface area contributed by atoms with Gasteiger partial charge in [0.1, 0.15) is 5.01 Å². The first-order chi connectivity index (χ1) is 12.7. The molecule has 3 heterocycles. The molecule has 0 saturated carbocycles. The zero-order valence-electron chi connectivity index (χ0n) is 15.8. The monoisotopic (exact) mass is 392 g/mol. The Kier molecular flexibility index (Phi) is 6.85. The molecule has 26 heavy (non-hydrogen) atoms. The van der Waals surface area contributed by atoms with Crippen LogP contribution in [0.25, 0.3) is 0 Å². The minimum Gasteiger partial charge on any atom is -0.356 e. The third-order valence-electron chi connectivity index (χ3n) is 4.38. The summed E-state index contributed by atoms with van der Waals surface area (Å²) in [7, 11) is 1.80. The number of aliphatic imine (C=N–C) groups is 1. The van der Waals surface area contributed by atoms with Crippen LogP contribution in [0.1, 0.15) is 49.0 Å². The van der Waals surface area contributed by atoms with Crippen molar-refractivity contribution < 1.29 is 0 Å². The van der Waals surface area contributed by atoms with E-state index < -0.39 is 0 Å². The largest absolute Gasteiger partial charge is 0.356 e. The van der Waals surface area contributed by atoms with Crippen molar-refractivity contribution in [2.24, 2.45) is 4.99 Å². The van der Waals surface area contributed by atoms with E-state index in [0.29, 0.717) is 12.5 Å². The molecule has 0 amide bonds. The number of rotatable bonds is 7. The quantitative estimate of drug-likeness (QED) is 0.559. The van der Waals surface area contributed by atoms with E-state index in [4.69, 9.17) is 4.98 Å². The average Bonchev–Trinajstić information content (AvgIpc) is 3.39. The Bertz CT molecular complexity index is 715. The van der Waals surface area contributed by atoms with Crippen LogP contribution in [-0.2, 0) is 13.0 Å². The number of anilines is 1. The van der Waals surface area contributed by atoms with E-state index >= 15 is 0 Å². The van der Waals surface area contributed by atoms with Crippen LogP contribution < -0.4 is 15.5 Å². The van der Waals surface area contributed by atoms with Crippen LogP contribution in [-0.4, -0.2) is 42.6 Å². The Labute approximate surface area is 163 Å². The second kappa shape index (κ2) is 9.32. The molecule has 3 rings (SSSR count). The molecular formula is C18H28N6S2. The molecule has 0 unspecified atom stereocenters. The zero-order valence-corrected chi connectivity index (χ0v) is 17.4. The lowest BCUT2D eigenvalue weighted by Gasteiger charge is -2.12. The molecule has 2 aromatic heterocycles. The van der Waals surface area contributed by atoms with Crippen LogP contribution in [0, 0.1) is 0 Å². The lowest BCUT2D eigenvalue weighted by atomic mass is 10.2. The normalized spacial score (nSPS) is 15.1. The molecule has 1 saturated heterocycles. The summed E-state index contributed by atoms with van der Waals surface area (Å²) < 4.78 is 0. The number of thiazole rings is 2. The van der Waals surface area contributed by atoms with Crippen LogP contribution >= 0.6 is 22.7 Å². The fourth-order valence-electron chi connectivity index (χ4n) is 2.83. The predicted molar refractivity (Wildman–Crippen MR) is 112 cm³/mol. The summed E-state index contributed by atoms with van der Waals surface area (Å²) in [4.78, 5) is 16.1. The third-order valence-corrected chi connectivity index (χ3v) is 6.20. The van der Waals surface area contributed by atoms with Crippen LogP contribution in [0.5, 0.6) is 0 Å². The molecule has 2 N–H and O–H groups in total. The van der Waals surface area contributed by atoms with Gasteiger partial charge in [-0.15, -0.1) is 22.7 Å². The number of hydrogen-bond acceptors (Lipinski definition) is 6. The molecule has 8 heteroatoms. The summed E-state index contributed by atoms with van der Waals surface area (Å²) in [5.41, 5.74) is 2.31. The maximum atomic E-state index is 4.76. The fourth-order valence-corrected chi connectivity index (χ4v) is 4.63. The lowest BCUT2D eigenvalue weighted by molar-refractivity contribution is 0.773. The molecule has 0 aliphatic carbocycles. The molecule has 0 radical (unpaired) electrons. The van der Waals surface area contributed by atoms with Gasteiger partial charge in [0.25, 0.3) is 0 Å². The highest BCUT2D eigenvalue weighted by Crippen LogP contribution is 2.24. The van der Waals surface area contributed by atoms with Crippen molar-refractivity contribution in [3.63, 3.8) is 0 Å². The van der Waals surface area contributed by atoms with Crippen molar-refractivity contribution >= 4 is 33.8 Å². The predicted octanol–water partition coefficient (Wildman–Crippen LogP) is 3.23. The van der Waals surface area contributed by atoms with Gasteiger partial charge in [-0.05, 0) is 18.8 Å². The van der Waals surface area contributed by atoms with Crippen molar-refractivity contribution in [2.75, 3.05) is 31.6 Å². The molecule has 1 aliphatic rings. The van der Waals surface area contributed by atoms with Gasteiger partial charge < -0.3 is 15.5 Å². The molecule has 1 aliphatic heterocycles. The highest BCUT2D eigenvalue weighted by molar-refractivity contribution is 7.13. The van der Waals surface area contributed by atoms with Crippen LogP contribution in [0.3, 0.4) is 0 Å². The first-order valence-electron chi connectivity index (χ1n) is 9.24. The van der Waals surface area contributed by atoms with Crippen molar-refractivity contribution in [2.45, 2.75) is 45.6 Å². The summed E-state index contributed by atoms with van der Waals surface area (Å²) in [5.74, 6) is 1.28. The Morgan fingerprint density at radius 1 is 1.19 bits per heavy atom. The average molecular weight is 393 g/mol. The SMILES string of the molecule is CN=C(NCCc1csc(N2CCCC2)n1)NCc1nc(C(C)C)cs1. The summed E-state index contributed by atoms with van der Waals surface area (Å²) in [6.45, 7) is 8.15. The molecule has 6 nitrogen and oxygen atoms in total. The van der Waals surface area contributed by atoms with Gasteiger partial charge in [0.2, 0.25) is 0 Å². The summed E-state index contributed by atoms with van der Waals surface area (Å²) >= 11 is 3.45. The van der Waals surface area contributed by atoms with E-state index in [1.807, 2.05) is 0 Å². The second-order valence-electron chi connectivity index (χ2n) is 6.74. The van der Waals surface area contributed by atoms with Crippen molar-refractivity contribution in [3.8, 4) is 0 Å². The van der Waals surface area contributed by atoms with E-state index in [-0.39, 0.29) is 0 Å². The smallest absolute Gasteiger partial charge is 0.191 e. The Hall–Kier alpha value is -1.67. The Morgan fingerprint density at radius 2 is 2.00 bits per heavy atom. The van der Waals surface area contributed by atoms with Crippen LogP contribution in [0.4, 0.5) is 5.13 Å². The molecule has 0 spiro atoms. The van der Waals surface area contributed by atoms with Gasteiger partial charge in [-0.25, -0.2) is 9.97 Å². The van der Waals surface area contributed by atoms with Gasteiger partial charge in [-0.1, -0.05) is 13.8 Å². The molecule has 142 valence electrons. The first-order valence-corrected chi connectivity index (χ1v) is 11.0. The minimum atomic E-state index is 0.473. The topological polar surface area (TPSA) is 65.4 Å². The van der Waals surface area contributed by atoms with E-state index in [1.54, 1.807) is 29.7 Å². The summed E-state index contributed by atoms with van der Waals surface area (Å²) in [6.07, 6.45) is 3.48. The first kappa shape index (κ1) is 19.1. The highest BCUT2D eigenvalue weighted by Gasteiger charge is 2.15. The molecule has 1 fully saturated rings. The molecule has 2 aromatic rings. The Morgan fingerprint density at radius 3 is 2.69 bits per heavy atom. The maximum Gasteiger partial charge on any atom is 0.191 e. The van der Waals surface area contributed by atoms with E-state index in [9.17, 15) is 0 Å². The number of guanidine groups is 1. The molecule has 0 aromatic carbocycles. The number of aromatic nitrogens is 2. The third kappa shape index (κ3) is 5.17. The number of hydrogen-bond donors (Lipinski definition) is 2. The van der Waals surface area contributed by atoms with Gasteiger partial charge in [0.05, 0.1) is 17.9 Å². The van der Waals surface area contributed by atoms with Crippen LogP contribution in [0.15, 0.2) is 15.8 Å². The van der Waals surface area contributed by atoms with Crippen LogP contribution in [0.2, 0.25) is 0 Å². The van der Waals surface area contributed by atoms with E-state index in [0.717, 1.165) is 48.4 Å². The molecule has 0 bridgehead atoms. The Balaban J connectivity index is 1.41.